The molecule has 2 atom stereocenters. The van der Waals surface area contributed by atoms with Gasteiger partial charge in [-0.15, -0.1) is 0 Å². The van der Waals surface area contributed by atoms with E-state index in [1.807, 2.05) is 18.3 Å². The average Bonchev–Trinajstić information content (AvgIpc) is 3.30. The van der Waals surface area contributed by atoms with E-state index in [0.29, 0.717) is 0 Å². The zero-order valence-electron chi connectivity index (χ0n) is 16.6. The first-order chi connectivity index (χ1) is 13.6. The molecular weight excluding hydrogens is 364 g/mol. The van der Waals surface area contributed by atoms with E-state index in [0.717, 1.165) is 23.8 Å². The smallest absolute Gasteiger partial charge is 0.170 e. The lowest BCUT2D eigenvalue weighted by Crippen LogP contribution is -2.31. The molecule has 3 heterocycles. The van der Waals surface area contributed by atoms with Crippen molar-refractivity contribution in [2.45, 2.75) is 39.3 Å². The lowest BCUT2D eigenvalue weighted by atomic mass is 10.0. The minimum absolute atomic E-state index is 0.0282. The normalized spacial score (nSPS) is 19.1. The van der Waals surface area contributed by atoms with Gasteiger partial charge in [0, 0.05) is 30.3 Å². The largest absolute Gasteiger partial charge is 0.352 e. The number of pyridine rings is 1. The van der Waals surface area contributed by atoms with E-state index in [-0.39, 0.29) is 12.1 Å². The Balaban J connectivity index is 1.81. The Labute approximate surface area is 172 Å². The first-order valence-electron chi connectivity index (χ1n) is 9.83. The topological polar surface area (TPSA) is 33.1 Å². The quantitative estimate of drug-likeness (QED) is 0.630. The van der Waals surface area contributed by atoms with Crippen LogP contribution in [0.4, 0.5) is 0 Å². The summed E-state index contributed by atoms with van der Waals surface area (Å²) in [5, 5.41) is 4.33. The lowest BCUT2D eigenvalue weighted by Gasteiger charge is -2.28. The molecule has 1 aromatic carbocycles. The van der Waals surface area contributed by atoms with Crippen LogP contribution in [0, 0.1) is 13.8 Å². The van der Waals surface area contributed by atoms with Crippen molar-refractivity contribution in [2.75, 3.05) is 6.54 Å². The lowest BCUT2D eigenvalue weighted by molar-refractivity contribution is 0.309. The standard InChI is InChI=1S/C23H26N4S/c1-4-13-27-22(21(25-23(27)28)19-8-5-6-12-24-19)20-9-7-14-26(20)18-11-10-16(2)17(3)15-18/h5-12,14-15,21-22H,4,13H2,1-3H3,(H,25,28). The molecule has 28 heavy (non-hydrogen) atoms. The van der Waals surface area contributed by atoms with Crippen molar-refractivity contribution in [3.8, 4) is 5.69 Å². The molecule has 1 saturated heterocycles. The van der Waals surface area contributed by atoms with Crippen LogP contribution in [0.5, 0.6) is 0 Å². The molecule has 0 saturated carbocycles. The highest BCUT2D eigenvalue weighted by Crippen LogP contribution is 2.39. The Morgan fingerprint density at radius 3 is 2.64 bits per heavy atom. The van der Waals surface area contributed by atoms with Crippen LogP contribution in [-0.4, -0.2) is 26.1 Å². The number of nitrogens with one attached hydrogen (secondary N) is 1. The number of thiocarbonyl (C=S) groups is 1. The Kier molecular flexibility index (Phi) is 5.18. The molecule has 0 bridgehead atoms. The fourth-order valence-electron chi connectivity index (χ4n) is 3.95. The number of benzene rings is 1. The van der Waals surface area contributed by atoms with Gasteiger partial charge in [-0.3, -0.25) is 4.98 Å². The van der Waals surface area contributed by atoms with Crippen LogP contribution >= 0.6 is 12.2 Å². The van der Waals surface area contributed by atoms with Crippen molar-refractivity contribution < 1.29 is 0 Å². The summed E-state index contributed by atoms with van der Waals surface area (Å²) in [6, 6.07) is 17.1. The third-order valence-electron chi connectivity index (χ3n) is 5.51. The Morgan fingerprint density at radius 2 is 1.93 bits per heavy atom. The third-order valence-corrected chi connectivity index (χ3v) is 5.87. The highest BCUT2D eigenvalue weighted by atomic mass is 32.1. The number of aryl methyl sites for hydroxylation is 2. The van der Waals surface area contributed by atoms with Crippen LogP contribution in [0.2, 0.25) is 0 Å². The third kappa shape index (κ3) is 3.31. The van der Waals surface area contributed by atoms with Crippen molar-refractivity contribution in [3.05, 3.63) is 83.4 Å². The predicted molar refractivity (Wildman–Crippen MR) is 118 cm³/mol. The van der Waals surface area contributed by atoms with Gasteiger partial charge in [0.25, 0.3) is 0 Å². The van der Waals surface area contributed by atoms with Crippen molar-refractivity contribution >= 4 is 17.3 Å². The molecular formula is C23H26N4S. The summed E-state index contributed by atoms with van der Waals surface area (Å²) in [5.41, 5.74) is 6.02. The van der Waals surface area contributed by atoms with Crippen molar-refractivity contribution in [2.24, 2.45) is 0 Å². The summed E-state index contributed by atoms with van der Waals surface area (Å²) in [7, 11) is 0. The minimum atomic E-state index is 0.0282. The highest BCUT2D eigenvalue weighted by molar-refractivity contribution is 7.80. The number of rotatable bonds is 5. The Morgan fingerprint density at radius 1 is 1.07 bits per heavy atom. The molecule has 0 amide bonds. The molecule has 5 heteroatoms. The SMILES string of the molecule is CCCN1C(=S)NC(c2ccccn2)C1c1cccn1-c1ccc(C)c(C)c1. The van der Waals surface area contributed by atoms with Crippen LogP contribution in [0.15, 0.2) is 60.9 Å². The van der Waals surface area contributed by atoms with Gasteiger partial charge in [-0.25, -0.2) is 0 Å². The van der Waals surface area contributed by atoms with E-state index in [4.69, 9.17) is 12.2 Å². The van der Waals surface area contributed by atoms with Gasteiger partial charge in [0.2, 0.25) is 0 Å². The second-order valence-corrected chi connectivity index (χ2v) is 7.78. The van der Waals surface area contributed by atoms with Gasteiger partial charge >= 0.3 is 0 Å². The van der Waals surface area contributed by atoms with Gasteiger partial charge in [-0.05, 0) is 80.0 Å². The maximum Gasteiger partial charge on any atom is 0.170 e. The Bertz CT molecular complexity index is 979. The van der Waals surface area contributed by atoms with E-state index in [1.54, 1.807) is 0 Å². The summed E-state index contributed by atoms with van der Waals surface area (Å²) in [6.45, 7) is 7.41. The second-order valence-electron chi connectivity index (χ2n) is 7.39. The molecule has 1 fully saturated rings. The predicted octanol–water partition coefficient (Wildman–Crippen LogP) is 4.87. The van der Waals surface area contributed by atoms with E-state index in [1.165, 1.54) is 22.5 Å². The highest BCUT2D eigenvalue weighted by Gasteiger charge is 2.40. The van der Waals surface area contributed by atoms with Crippen LogP contribution in [0.1, 0.15) is 47.9 Å². The number of nitrogens with zero attached hydrogens (tertiary/aromatic N) is 3. The van der Waals surface area contributed by atoms with Crippen molar-refractivity contribution in [1.82, 2.24) is 19.8 Å². The van der Waals surface area contributed by atoms with E-state index in [9.17, 15) is 0 Å². The van der Waals surface area contributed by atoms with Crippen LogP contribution in [0.25, 0.3) is 5.69 Å². The number of aromatic nitrogens is 2. The van der Waals surface area contributed by atoms with Gasteiger partial charge in [0.15, 0.2) is 5.11 Å². The summed E-state index contributed by atoms with van der Waals surface area (Å²) in [5.74, 6) is 0. The molecule has 4 rings (SSSR count). The maximum atomic E-state index is 5.71. The van der Waals surface area contributed by atoms with E-state index < -0.39 is 0 Å². The summed E-state index contributed by atoms with van der Waals surface area (Å²) in [4.78, 5) is 6.93. The summed E-state index contributed by atoms with van der Waals surface area (Å²) in [6.07, 6.45) is 5.03. The molecule has 2 unspecified atom stereocenters. The van der Waals surface area contributed by atoms with Crippen LogP contribution in [-0.2, 0) is 0 Å². The van der Waals surface area contributed by atoms with Crippen molar-refractivity contribution in [3.63, 3.8) is 0 Å². The van der Waals surface area contributed by atoms with E-state index >= 15 is 0 Å². The van der Waals surface area contributed by atoms with Gasteiger partial charge in [0.1, 0.15) is 0 Å². The summed E-state index contributed by atoms with van der Waals surface area (Å²) >= 11 is 5.71. The van der Waals surface area contributed by atoms with Crippen LogP contribution < -0.4 is 5.32 Å². The van der Waals surface area contributed by atoms with Gasteiger partial charge in [-0.2, -0.15) is 0 Å². The monoisotopic (exact) mass is 390 g/mol. The van der Waals surface area contributed by atoms with Gasteiger partial charge in [-0.1, -0.05) is 19.1 Å². The summed E-state index contributed by atoms with van der Waals surface area (Å²) < 4.78 is 2.28. The molecule has 4 nitrogen and oxygen atoms in total. The molecule has 1 aliphatic rings. The zero-order chi connectivity index (χ0) is 19.7. The molecule has 3 aromatic rings. The molecule has 2 aromatic heterocycles. The molecule has 1 N–H and O–H groups in total. The van der Waals surface area contributed by atoms with Crippen LogP contribution in [0.3, 0.4) is 0 Å². The zero-order valence-corrected chi connectivity index (χ0v) is 17.4. The minimum Gasteiger partial charge on any atom is -0.352 e. The fraction of sp³-hybridized carbons (Fsp3) is 0.304. The first-order valence-corrected chi connectivity index (χ1v) is 10.2. The molecule has 0 spiro atoms. The van der Waals surface area contributed by atoms with E-state index in [2.05, 4.69) is 83.1 Å². The molecule has 0 radical (unpaired) electrons. The molecule has 0 aliphatic carbocycles. The van der Waals surface area contributed by atoms with Gasteiger partial charge < -0.3 is 14.8 Å². The Hall–Kier alpha value is -2.66. The second kappa shape index (κ2) is 7.76. The van der Waals surface area contributed by atoms with Crippen molar-refractivity contribution in [1.29, 1.82) is 0 Å². The number of hydrogen-bond acceptors (Lipinski definition) is 2. The molecule has 144 valence electrons. The number of hydrogen-bond donors (Lipinski definition) is 1. The first kappa shape index (κ1) is 18.7. The maximum absolute atomic E-state index is 5.71. The van der Waals surface area contributed by atoms with Gasteiger partial charge in [0.05, 0.1) is 17.8 Å². The fourth-order valence-corrected chi connectivity index (χ4v) is 4.29. The molecule has 1 aliphatic heterocycles. The average molecular weight is 391 g/mol.